The monoisotopic (exact) mass is 233 g/mol. The summed E-state index contributed by atoms with van der Waals surface area (Å²) in [5, 5.41) is 3.19. The molecule has 1 aliphatic heterocycles. The number of piperazine rings is 1. The molecule has 17 heavy (non-hydrogen) atoms. The fourth-order valence-electron chi connectivity index (χ4n) is 1.45. The van der Waals surface area contributed by atoms with E-state index in [1.54, 1.807) is 24.5 Å². The van der Waals surface area contributed by atoms with Crippen molar-refractivity contribution in [3.8, 4) is 0 Å². The van der Waals surface area contributed by atoms with Crippen LogP contribution in [0.15, 0.2) is 42.7 Å². The van der Waals surface area contributed by atoms with Crippen LogP contribution in [-0.2, 0) is 4.79 Å². The number of carbonyl (C=O) groups excluding carboxylic acids is 1. The van der Waals surface area contributed by atoms with Crippen LogP contribution in [0.4, 0.5) is 0 Å². The number of hydrogen-bond acceptors (Lipinski definition) is 3. The molecular formula is C13H19N3O. The van der Waals surface area contributed by atoms with Gasteiger partial charge in [-0.1, -0.05) is 12.1 Å². The number of carbonyl (C=O) groups is 1. The van der Waals surface area contributed by atoms with Crippen molar-refractivity contribution in [2.75, 3.05) is 26.2 Å². The van der Waals surface area contributed by atoms with E-state index in [4.69, 9.17) is 0 Å². The summed E-state index contributed by atoms with van der Waals surface area (Å²) in [5.74, 6) is 0.133. The molecule has 0 unspecified atom stereocenters. The maximum atomic E-state index is 11.2. The number of allylic oxidation sites excluding steroid dienone is 1. The van der Waals surface area contributed by atoms with Crippen LogP contribution in [0.5, 0.6) is 0 Å². The van der Waals surface area contributed by atoms with Crippen LogP contribution in [0.3, 0.4) is 0 Å². The molecule has 2 heterocycles. The summed E-state index contributed by atoms with van der Waals surface area (Å²) >= 11 is 0. The third-order valence-corrected chi connectivity index (χ3v) is 2.30. The van der Waals surface area contributed by atoms with Crippen LogP contribution in [-0.4, -0.2) is 42.0 Å². The third-order valence-electron chi connectivity index (χ3n) is 2.30. The van der Waals surface area contributed by atoms with Crippen LogP contribution in [0.25, 0.3) is 0 Å². The highest BCUT2D eigenvalue weighted by Crippen LogP contribution is 1.93. The second kappa shape index (κ2) is 8.47. The Hall–Kier alpha value is -1.68. The van der Waals surface area contributed by atoms with Crippen LogP contribution in [0, 0.1) is 0 Å². The summed E-state index contributed by atoms with van der Waals surface area (Å²) < 4.78 is 0. The molecule has 0 bridgehead atoms. The van der Waals surface area contributed by atoms with E-state index in [0.717, 1.165) is 26.2 Å². The number of nitrogens with zero attached hydrogens (tertiary/aromatic N) is 2. The Morgan fingerprint density at radius 3 is 2.29 bits per heavy atom. The lowest BCUT2D eigenvalue weighted by Crippen LogP contribution is -2.45. The van der Waals surface area contributed by atoms with Crippen molar-refractivity contribution < 1.29 is 4.79 Å². The van der Waals surface area contributed by atoms with Crippen LogP contribution < -0.4 is 5.32 Å². The van der Waals surface area contributed by atoms with Gasteiger partial charge in [-0.15, -0.1) is 0 Å². The van der Waals surface area contributed by atoms with Gasteiger partial charge in [-0.25, -0.2) is 0 Å². The van der Waals surface area contributed by atoms with Crippen molar-refractivity contribution in [1.29, 1.82) is 0 Å². The van der Waals surface area contributed by atoms with Gasteiger partial charge in [0.25, 0.3) is 0 Å². The lowest BCUT2D eigenvalue weighted by atomic mass is 10.3. The maximum Gasteiger partial charge on any atom is 0.246 e. The Balaban J connectivity index is 0.000000202. The molecule has 2 rings (SSSR count). The quantitative estimate of drug-likeness (QED) is 0.738. The lowest BCUT2D eigenvalue weighted by Gasteiger charge is -2.26. The predicted molar refractivity (Wildman–Crippen MR) is 68.5 cm³/mol. The lowest BCUT2D eigenvalue weighted by molar-refractivity contribution is -0.126. The van der Waals surface area contributed by atoms with Crippen LogP contribution in [0.2, 0.25) is 0 Å². The maximum absolute atomic E-state index is 11.2. The number of aromatic nitrogens is 1. The molecule has 1 aromatic heterocycles. The first-order valence-corrected chi connectivity index (χ1v) is 5.82. The summed E-state index contributed by atoms with van der Waals surface area (Å²) in [4.78, 5) is 16.9. The van der Waals surface area contributed by atoms with Crippen molar-refractivity contribution in [2.45, 2.75) is 6.92 Å². The van der Waals surface area contributed by atoms with Gasteiger partial charge in [0.1, 0.15) is 0 Å². The number of hydrogen-bond donors (Lipinski definition) is 1. The van der Waals surface area contributed by atoms with Gasteiger partial charge in [0.05, 0.1) is 0 Å². The topological polar surface area (TPSA) is 45.2 Å². The van der Waals surface area contributed by atoms with Crippen molar-refractivity contribution in [1.82, 2.24) is 15.2 Å². The first kappa shape index (κ1) is 13.4. The van der Waals surface area contributed by atoms with Gasteiger partial charge in [0.2, 0.25) is 5.91 Å². The van der Waals surface area contributed by atoms with E-state index >= 15 is 0 Å². The highest BCUT2D eigenvalue weighted by molar-refractivity contribution is 5.87. The molecule has 1 aliphatic rings. The van der Waals surface area contributed by atoms with Gasteiger partial charge in [0, 0.05) is 38.6 Å². The van der Waals surface area contributed by atoms with Crippen LogP contribution in [0.1, 0.15) is 6.92 Å². The zero-order valence-electron chi connectivity index (χ0n) is 10.2. The molecular weight excluding hydrogens is 214 g/mol. The zero-order valence-corrected chi connectivity index (χ0v) is 10.2. The molecule has 4 nitrogen and oxygen atoms in total. The third kappa shape index (κ3) is 5.82. The second-order valence-corrected chi connectivity index (χ2v) is 3.60. The van der Waals surface area contributed by atoms with E-state index in [-0.39, 0.29) is 5.91 Å². The summed E-state index contributed by atoms with van der Waals surface area (Å²) in [6, 6.07) is 5.72. The highest BCUT2D eigenvalue weighted by atomic mass is 16.2. The second-order valence-electron chi connectivity index (χ2n) is 3.60. The normalized spacial score (nSPS) is 15.2. The summed E-state index contributed by atoms with van der Waals surface area (Å²) in [6.45, 7) is 5.37. The highest BCUT2D eigenvalue weighted by Gasteiger charge is 2.12. The zero-order chi connectivity index (χ0) is 12.3. The Labute approximate surface area is 102 Å². The van der Waals surface area contributed by atoms with Crippen molar-refractivity contribution in [2.24, 2.45) is 0 Å². The molecule has 4 heteroatoms. The fourth-order valence-corrected chi connectivity index (χ4v) is 1.45. The van der Waals surface area contributed by atoms with Gasteiger partial charge in [-0.3, -0.25) is 9.78 Å². The molecule has 92 valence electrons. The number of nitrogens with one attached hydrogen (secondary N) is 1. The number of rotatable bonds is 1. The molecule has 1 N–H and O–H groups in total. The van der Waals surface area contributed by atoms with Gasteiger partial charge in [-0.05, 0) is 25.1 Å². The Morgan fingerprint density at radius 2 is 1.88 bits per heavy atom. The minimum Gasteiger partial charge on any atom is -0.337 e. The van der Waals surface area contributed by atoms with Crippen molar-refractivity contribution >= 4 is 5.91 Å². The Kier molecular flexibility index (Phi) is 6.67. The van der Waals surface area contributed by atoms with Gasteiger partial charge in [-0.2, -0.15) is 0 Å². The van der Waals surface area contributed by atoms with Crippen LogP contribution >= 0.6 is 0 Å². The number of pyridine rings is 1. The fraction of sp³-hybridized carbons (Fsp3) is 0.385. The predicted octanol–water partition coefficient (Wildman–Crippen LogP) is 1.08. The molecule has 1 saturated heterocycles. The first-order chi connectivity index (χ1) is 8.34. The standard InChI is InChI=1S/C8H14N2O.C5H5N/c1-2-3-8(11)10-6-4-9-5-7-10;1-2-4-6-5-3-1/h2-3,9H,4-7H2,1H3;1-5H. The SMILES string of the molecule is CC=CC(=O)N1CCNCC1.c1ccncc1. The van der Waals surface area contributed by atoms with E-state index in [0.29, 0.717) is 0 Å². The molecule has 1 aromatic rings. The first-order valence-electron chi connectivity index (χ1n) is 5.82. The van der Waals surface area contributed by atoms with E-state index in [9.17, 15) is 4.79 Å². The average molecular weight is 233 g/mol. The molecule has 0 saturated carbocycles. The molecule has 0 aromatic carbocycles. The van der Waals surface area contributed by atoms with Gasteiger partial charge in [0.15, 0.2) is 0 Å². The Morgan fingerprint density at radius 1 is 1.24 bits per heavy atom. The smallest absolute Gasteiger partial charge is 0.246 e. The van der Waals surface area contributed by atoms with E-state index in [1.807, 2.05) is 30.0 Å². The number of amides is 1. The summed E-state index contributed by atoms with van der Waals surface area (Å²) in [6.07, 6.45) is 6.90. The van der Waals surface area contributed by atoms with Gasteiger partial charge < -0.3 is 10.2 Å². The Bertz CT molecular complexity index is 305. The largest absolute Gasteiger partial charge is 0.337 e. The molecule has 0 radical (unpaired) electrons. The minimum absolute atomic E-state index is 0.133. The van der Waals surface area contributed by atoms with Gasteiger partial charge >= 0.3 is 0 Å². The van der Waals surface area contributed by atoms with E-state index in [1.165, 1.54) is 0 Å². The molecule has 0 spiro atoms. The molecule has 0 atom stereocenters. The summed E-state index contributed by atoms with van der Waals surface area (Å²) in [7, 11) is 0. The molecule has 1 amide bonds. The van der Waals surface area contributed by atoms with Crippen molar-refractivity contribution in [3.05, 3.63) is 42.7 Å². The summed E-state index contributed by atoms with van der Waals surface area (Å²) in [5.41, 5.74) is 0. The van der Waals surface area contributed by atoms with E-state index < -0.39 is 0 Å². The molecule has 0 aliphatic carbocycles. The van der Waals surface area contributed by atoms with E-state index in [2.05, 4.69) is 10.3 Å². The van der Waals surface area contributed by atoms with Crippen molar-refractivity contribution in [3.63, 3.8) is 0 Å². The molecule has 1 fully saturated rings. The minimum atomic E-state index is 0.133. The average Bonchev–Trinajstić information content (AvgIpc) is 2.43.